The predicted molar refractivity (Wildman–Crippen MR) is 174 cm³/mol. The number of likely N-dealkylation sites (N-methyl/N-ethyl adjacent to an activating group) is 1. The molecule has 0 saturated carbocycles. The van der Waals surface area contributed by atoms with E-state index in [0.717, 1.165) is 32.7 Å². The van der Waals surface area contributed by atoms with Crippen LogP contribution >= 0.6 is 10.7 Å². The smallest absolute Gasteiger partial charge is 0.275 e. The Kier molecular flexibility index (Phi) is 8.99. The van der Waals surface area contributed by atoms with Gasteiger partial charge in [-0.3, -0.25) is 19.6 Å². The summed E-state index contributed by atoms with van der Waals surface area (Å²) in [6.07, 6.45) is 2.87. The number of hydrogen-bond acceptors (Lipinski definition) is 10. The lowest BCUT2D eigenvalue weighted by Crippen LogP contribution is -2.43. The zero-order valence-corrected chi connectivity index (χ0v) is 26.3. The van der Waals surface area contributed by atoms with Crippen LogP contribution < -0.4 is 16.0 Å². The molecule has 1 aliphatic rings. The number of fused-ring (bicyclic) bond motifs is 1. The van der Waals surface area contributed by atoms with E-state index in [1.807, 2.05) is 24.3 Å². The normalized spacial score (nSPS) is 14.3. The number of amides is 2. The minimum Gasteiger partial charge on any atom is -0.346 e. The van der Waals surface area contributed by atoms with E-state index in [9.17, 15) is 18.0 Å². The molecule has 2 amide bonds. The first-order valence-corrected chi connectivity index (χ1v) is 16.7. The number of rotatable bonds is 10. The van der Waals surface area contributed by atoms with Crippen molar-refractivity contribution in [1.29, 1.82) is 0 Å². The lowest BCUT2D eigenvalue weighted by atomic mass is 10.1. The van der Waals surface area contributed by atoms with Crippen molar-refractivity contribution in [3.05, 3.63) is 89.6 Å². The Balaban J connectivity index is 1.08. The van der Waals surface area contributed by atoms with Crippen molar-refractivity contribution in [2.75, 3.05) is 43.9 Å². The van der Waals surface area contributed by atoms with E-state index in [2.05, 4.69) is 57.9 Å². The van der Waals surface area contributed by atoms with E-state index in [1.165, 1.54) is 42.4 Å². The van der Waals surface area contributed by atoms with Crippen LogP contribution in [0.3, 0.4) is 0 Å². The molecule has 0 aliphatic carbocycles. The average Bonchev–Trinajstić information content (AvgIpc) is 3.69. The highest BCUT2D eigenvalue weighted by molar-refractivity contribution is 8.13. The van der Waals surface area contributed by atoms with Crippen LogP contribution in [0.2, 0.25) is 0 Å². The number of benzene rings is 2. The van der Waals surface area contributed by atoms with Crippen LogP contribution in [0.25, 0.3) is 11.0 Å². The molecule has 3 aromatic heterocycles. The van der Waals surface area contributed by atoms with Gasteiger partial charge in [0.05, 0.1) is 28.7 Å². The van der Waals surface area contributed by atoms with Crippen LogP contribution in [0.5, 0.6) is 0 Å². The van der Waals surface area contributed by atoms with Crippen molar-refractivity contribution in [3.63, 3.8) is 0 Å². The number of piperazine rings is 1. The molecule has 0 unspecified atom stereocenters. The van der Waals surface area contributed by atoms with Gasteiger partial charge < -0.3 is 25.8 Å². The Hall–Kier alpha value is -4.83. The minimum absolute atomic E-state index is 0.0935. The summed E-state index contributed by atoms with van der Waals surface area (Å²) in [5.74, 6) is -0.341. The second-order valence-corrected chi connectivity index (χ2v) is 13.5. The number of carbonyl (C=O) groups is 2. The molecule has 0 radical (unpaired) electrons. The Bertz CT molecular complexity index is 1970. The van der Waals surface area contributed by atoms with E-state index >= 15 is 0 Å². The van der Waals surface area contributed by atoms with Crippen LogP contribution in [0.4, 0.5) is 17.2 Å². The number of halogens is 1. The van der Waals surface area contributed by atoms with Crippen LogP contribution in [-0.2, 0) is 22.1 Å². The zero-order chi connectivity index (χ0) is 32.3. The second-order valence-electron chi connectivity index (χ2n) is 10.9. The first kappa shape index (κ1) is 31.2. The number of hydrogen-bond donors (Lipinski definition) is 5. The number of H-pyrrole nitrogens is 2. The van der Waals surface area contributed by atoms with Crippen LogP contribution in [0.1, 0.15) is 32.1 Å². The average molecular weight is 663 g/mol. The van der Waals surface area contributed by atoms with Gasteiger partial charge in [0.2, 0.25) is 0 Å². The molecule has 0 bridgehead atoms. The van der Waals surface area contributed by atoms with E-state index in [4.69, 9.17) is 10.7 Å². The molecule has 0 atom stereocenters. The predicted octanol–water partition coefficient (Wildman–Crippen LogP) is 3.28. The van der Waals surface area contributed by atoms with Crippen molar-refractivity contribution in [2.24, 2.45) is 0 Å². The van der Waals surface area contributed by atoms with Gasteiger partial charge in [-0.2, -0.15) is 5.10 Å². The number of anilines is 3. The second kappa shape index (κ2) is 13.3. The molecule has 5 aromatic rings. The summed E-state index contributed by atoms with van der Waals surface area (Å²) < 4.78 is 22.9. The standard InChI is InChI=1S/C30H31ClN10O4S/c1-40-10-12-41(13-11-40)17-19-2-6-21(7-3-19)37-30(43)26-25(16-35-39-26)38-28-24-14-22(36-27(24)33-18-34-28)15-32-29(42)20-4-8-23(9-5-20)46(31,44)45/h2-9,14,16,18H,10-13,15,17H2,1H3,(H,32,42)(H,35,39)(H,37,43)(H2,33,34,36,38). The molecular weight excluding hydrogens is 632 g/mol. The highest BCUT2D eigenvalue weighted by Crippen LogP contribution is 2.26. The fourth-order valence-corrected chi connectivity index (χ4v) is 5.84. The largest absolute Gasteiger partial charge is 0.346 e. The fourth-order valence-electron chi connectivity index (χ4n) is 5.07. The number of aromatic nitrogens is 5. The van der Waals surface area contributed by atoms with Gasteiger partial charge in [0.15, 0.2) is 0 Å². The maximum Gasteiger partial charge on any atom is 0.275 e. The lowest BCUT2D eigenvalue weighted by molar-refractivity contribution is 0.0949. The molecular formula is C30H31ClN10O4S. The van der Waals surface area contributed by atoms with Gasteiger partial charge in [0, 0.05) is 60.4 Å². The molecule has 5 N–H and O–H groups in total. The maximum atomic E-state index is 13.2. The highest BCUT2D eigenvalue weighted by Gasteiger charge is 2.18. The monoisotopic (exact) mass is 662 g/mol. The van der Waals surface area contributed by atoms with Crippen molar-refractivity contribution >= 4 is 59.8 Å². The zero-order valence-electron chi connectivity index (χ0n) is 24.7. The van der Waals surface area contributed by atoms with Crippen molar-refractivity contribution in [1.82, 2.24) is 40.3 Å². The van der Waals surface area contributed by atoms with Gasteiger partial charge in [-0.05, 0) is 55.1 Å². The van der Waals surface area contributed by atoms with Gasteiger partial charge in [-0.1, -0.05) is 12.1 Å². The third-order valence-corrected chi connectivity index (χ3v) is 9.02. The van der Waals surface area contributed by atoms with E-state index in [-0.39, 0.29) is 28.6 Å². The summed E-state index contributed by atoms with van der Waals surface area (Å²) in [5.41, 5.74) is 3.93. The van der Waals surface area contributed by atoms with E-state index < -0.39 is 15.0 Å². The highest BCUT2D eigenvalue weighted by atomic mass is 35.7. The summed E-state index contributed by atoms with van der Waals surface area (Å²) in [5, 5.41) is 16.3. The van der Waals surface area contributed by atoms with Gasteiger partial charge in [0.1, 0.15) is 23.5 Å². The minimum atomic E-state index is -3.88. The topological polar surface area (TPSA) is 181 Å². The Labute approximate surface area is 269 Å². The molecule has 0 spiro atoms. The first-order chi connectivity index (χ1) is 22.1. The number of carbonyl (C=O) groups excluding carboxylic acids is 2. The Morgan fingerprint density at radius 2 is 1.72 bits per heavy atom. The molecule has 14 nitrogen and oxygen atoms in total. The molecule has 1 fully saturated rings. The summed E-state index contributed by atoms with van der Waals surface area (Å²) in [4.78, 5) is 42.2. The molecule has 16 heteroatoms. The molecule has 6 rings (SSSR count). The van der Waals surface area contributed by atoms with Crippen molar-refractivity contribution in [3.8, 4) is 0 Å². The molecule has 2 aromatic carbocycles. The number of aromatic amines is 2. The van der Waals surface area contributed by atoms with Crippen molar-refractivity contribution < 1.29 is 18.0 Å². The first-order valence-electron chi connectivity index (χ1n) is 14.4. The molecule has 1 aliphatic heterocycles. The lowest BCUT2D eigenvalue weighted by Gasteiger charge is -2.32. The van der Waals surface area contributed by atoms with Crippen molar-refractivity contribution in [2.45, 2.75) is 18.0 Å². The van der Waals surface area contributed by atoms with E-state index in [0.29, 0.717) is 33.9 Å². The molecule has 238 valence electrons. The number of nitrogens with zero attached hydrogens (tertiary/aromatic N) is 5. The third-order valence-electron chi connectivity index (χ3n) is 7.65. The quantitative estimate of drug-likeness (QED) is 0.139. The molecule has 46 heavy (non-hydrogen) atoms. The Morgan fingerprint density at radius 3 is 2.43 bits per heavy atom. The maximum absolute atomic E-state index is 13.2. The van der Waals surface area contributed by atoms with Gasteiger partial charge in [0.25, 0.3) is 20.9 Å². The van der Waals surface area contributed by atoms with E-state index in [1.54, 1.807) is 6.07 Å². The number of nitrogens with one attached hydrogen (secondary N) is 5. The van der Waals surface area contributed by atoms with Crippen LogP contribution in [0.15, 0.2) is 72.0 Å². The summed E-state index contributed by atoms with van der Waals surface area (Å²) in [7, 11) is 3.60. The van der Waals surface area contributed by atoms with Crippen LogP contribution in [-0.4, -0.2) is 88.4 Å². The summed E-state index contributed by atoms with van der Waals surface area (Å²) in [6, 6.07) is 14.9. The van der Waals surface area contributed by atoms with Gasteiger partial charge >= 0.3 is 0 Å². The van der Waals surface area contributed by atoms with Gasteiger partial charge in [-0.15, -0.1) is 0 Å². The Morgan fingerprint density at radius 1 is 0.978 bits per heavy atom. The third kappa shape index (κ3) is 7.34. The summed E-state index contributed by atoms with van der Waals surface area (Å²) in [6.45, 7) is 5.19. The fraction of sp³-hybridized carbons (Fsp3) is 0.233. The molecule has 1 saturated heterocycles. The van der Waals surface area contributed by atoms with Gasteiger partial charge in [-0.25, -0.2) is 18.4 Å². The SMILES string of the molecule is CN1CCN(Cc2ccc(NC(=O)c3[nH]ncc3Nc3ncnc4[nH]c(CNC(=O)c5ccc(S(=O)(=O)Cl)cc5)cc34)cc2)CC1. The molecule has 4 heterocycles. The summed E-state index contributed by atoms with van der Waals surface area (Å²) >= 11 is 0. The van der Waals surface area contributed by atoms with Crippen LogP contribution in [0, 0.1) is 0 Å².